The molecule has 0 radical (unpaired) electrons. The number of amides is 1. The summed E-state index contributed by atoms with van der Waals surface area (Å²) in [6.45, 7) is 0. The Labute approximate surface area is 184 Å². The Morgan fingerprint density at radius 1 is 1.03 bits per heavy atom. The normalized spacial score (nSPS) is 14.8. The second-order valence-corrected chi connectivity index (χ2v) is 9.57. The lowest BCUT2D eigenvalue weighted by Crippen LogP contribution is -2.33. The third-order valence-corrected chi connectivity index (χ3v) is 7.23. The maximum Gasteiger partial charge on any atom is 0.255 e. The van der Waals surface area contributed by atoms with Gasteiger partial charge >= 0.3 is 0 Å². The van der Waals surface area contributed by atoms with E-state index in [0.717, 1.165) is 25.7 Å². The molecule has 0 aliphatic heterocycles. The lowest BCUT2D eigenvalue weighted by atomic mass is 10.2. The van der Waals surface area contributed by atoms with Gasteiger partial charge in [0.15, 0.2) is 0 Å². The molecule has 1 fully saturated rings. The Kier molecular flexibility index (Phi) is 6.96. The van der Waals surface area contributed by atoms with Crippen LogP contribution < -0.4 is 14.8 Å². The van der Waals surface area contributed by atoms with Crippen molar-refractivity contribution in [3.8, 4) is 5.75 Å². The lowest BCUT2D eigenvalue weighted by Gasteiger charge is -2.16. The Morgan fingerprint density at radius 3 is 2.34 bits per heavy atom. The molecule has 2 N–H and O–H groups in total. The maximum absolute atomic E-state index is 12.9. The number of anilines is 1. The van der Waals surface area contributed by atoms with Crippen LogP contribution >= 0.6 is 34.8 Å². The summed E-state index contributed by atoms with van der Waals surface area (Å²) >= 11 is 18.0. The van der Waals surface area contributed by atoms with Crippen LogP contribution in [0.3, 0.4) is 0 Å². The fourth-order valence-electron chi connectivity index (χ4n) is 3.17. The lowest BCUT2D eigenvalue weighted by molar-refractivity contribution is 0.102. The molecule has 0 bridgehead atoms. The predicted molar refractivity (Wildman–Crippen MR) is 115 cm³/mol. The number of hydrogen-bond donors (Lipinski definition) is 2. The van der Waals surface area contributed by atoms with Crippen molar-refractivity contribution >= 4 is 56.4 Å². The summed E-state index contributed by atoms with van der Waals surface area (Å²) in [5.41, 5.74) is 0.384. The third-order valence-electron chi connectivity index (χ3n) is 4.65. The van der Waals surface area contributed by atoms with Gasteiger partial charge in [-0.15, -0.1) is 0 Å². The van der Waals surface area contributed by atoms with Crippen molar-refractivity contribution in [3.63, 3.8) is 0 Å². The fraction of sp³-hybridized carbons (Fsp3) is 0.316. The number of rotatable bonds is 6. The zero-order valence-electron chi connectivity index (χ0n) is 15.5. The second kappa shape index (κ2) is 9.10. The minimum absolute atomic E-state index is 0.0974. The van der Waals surface area contributed by atoms with Gasteiger partial charge in [0, 0.05) is 11.6 Å². The van der Waals surface area contributed by atoms with Gasteiger partial charge in [-0.3, -0.25) is 4.79 Å². The summed E-state index contributed by atoms with van der Waals surface area (Å²) in [4.78, 5) is 12.6. The number of methoxy groups -OCH3 is 1. The van der Waals surface area contributed by atoms with E-state index in [2.05, 4.69) is 10.0 Å². The Bertz CT molecular complexity index is 1040. The highest BCUT2D eigenvalue weighted by Crippen LogP contribution is 2.33. The van der Waals surface area contributed by atoms with Crippen molar-refractivity contribution < 1.29 is 17.9 Å². The average Bonchev–Trinajstić information content (AvgIpc) is 3.17. The van der Waals surface area contributed by atoms with E-state index in [0.29, 0.717) is 0 Å². The van der Waals surface area contributed by atoms with Gasteiger partial charge in [0.25, 0.3) is 5.91 Å². The molecule has 1 aliphatic rings. The molecule has 2 aromatic rings. The number of ether oxygens (including phenoxy) is 1. The Balaban J connectivity index is 1.89. The zero-order valence-corrected chi connectivity index (χ0v) is 18.6. The summed E-state index contributed by atoms with van der Waals surface area (Å²) in [5, 5.41) is 3.30. The van der Waals surface area contributed by atoms with Gasteiger partial charge in [-0.05, 0) is 43.2 Å². The SMILES string of the molecule is COc1ccc(C(=O)Nc2cc(Cl)c(Cl)cc2Cl)cc1S(=O)(=O)NC1CCCC1. The van der Waals surface area contributed by atoms with Crippen LogP contribution in [-0.2, 0) is 10.0 Å². The topological polar surface area (TPSA) is 84.5 Å². The molecule has 0 atom stereocenters. The Morgan fingerprint density at radius 2 is 1.69 bits per heavy atom. The molecule has 10 heteroatoms. The van der Waals surface area contributed by atoms with E-state index in [1.54, 1.807) is 0 Å². The summed E-state index contributed by atoms with van der Waals surface area (Å²) in [7, 11) is -2.48. The first-order valence-corrected chi connectivity index (χ1v) is 11.5. The molecule has 0 spiro atoms. The van der Waals surface area contributed by atoms with Crippen molar-refractivity contribution in [2.24, 2.45) is 0 Å². The van der Waals surface area contributed by atoms with Crippen molar-refractivity contribution in [3.05, 3.63) is 51.0 Å². The fourth-order valence-corrected chi connectivity index (χ4v) is 5.26. The van der Waals surface area contributed by atoms with E-state index in [-0.39, 0.29) is 43.0 Å². The van der Waals surface area contributed by atoms with Crippen LogP contribution in [0.1, 0.15) is 36.0 Å². The van der Waals surface area contributed by atoms with Crippen LogP contribution in [0.15, 0.2) is 35.2 Å². The van der Waals surface area contributed by atoms with Crippen LogP contribution in [-0.4, -0.2) is 27.5 Å². The minimum Gasteiger partial charge on any atom is -0.495 e. The second-order valence-electron chi connectivity index (χ2n) is 6.67. The molecule has 0 aromatic heterocycles. The van der Waals surface area contributed by atoms with Gasteiger partial charge in [-0.1, -0.05) is 47.6 Å². The van der Waals surface area contributed by atoms with E-state index in [4.69, 9.17) is 39.5 Å². The molecule has 1 amide bonds. The summed E-state index contributed by atoms with van der Waals surface area (Å²) in [6, 6.07) is 6.90. The summed E-state index contributed by atoms with van der Waals surface area (Å²) in [6.07, 6.45) is 3.55. The number of carbonyl (C=O) groups excluding carboxylic acids is 1. The van der Waals surface area contributed by atoms with Gasteiger partial charge in [-0.2, -0.15) is 0 Å². The number of nitrogens with one attached hydrogen (secondary N) is 2. The van der Waals surface area contributed by atoms with Gasteiger partial charge in [0.1, 0.15) is 10.6 Å². The molecule has 156 valence electrons. The largest absolute Gasteiger partial charge is 0.495 e. The first-order chi connectivity index (χ1) is 13.7. The van der Waals surface area contributed by atoms with Gasteiger partial charge in [0.2, 0.25) is 10.0 Å². The number of carbonyl (C=O) groups is 1. The number of halogens is 3. The number of benzene rings is 2. The van der Waals surface area contributed by atoms with Crippen LogP contribution in [0.2, 0.25) is 15.1 Å². The first kappa shape index (κ1) is 22.2. The molecule has 0 unspecified atom stereocenters. The predicted octanol–water partition coefficient (Wildman–Crippen LogP) is 5.13. The summed E-state index contributed by atoms with van der Waals surface area (Å²) < 4.78 is 33.6. The van der Waals surface area contributed by atoms with Crippen molar-refractivity contribution in [1.82, 2.24) is 4.72 Å². The molecule has 0 saturated heterocycles. The van der Waals surface area contributed by atoms with Crippen molar-refractivity contribution in [2.75, 3.05) is 12.4 Å². The molecule has 0 heterocycles. The van der Waals surface area contributed by atoms with E-state index >= 15 is 0 Å². The molecular weight excluding hydrogens is 459 g/mol. The first-order valence-electron chi connectivity index (χ1n) is 8.87. The molecule has 29 heavy (non-hydrogen) atoms. The number of sulfonamides is 1. The van der Waals surface area contributed by atoms with E-state index < -0.39 is 15.9 Å². The van der Waals surface area contributed by atoms with E-state index in [1.165, 1.54) is 37.4 Å². The zero-order chi connectivity index (χ0) is 21.2. The van der Waals surface area contributed by atoms with Crippen molar-refractivity contribution in [1.29, 1.82) is 0 Å². The average molecular weight is 478 g/mol. The van der Waals surface area contributed by atoms with Crippen LogP contribution in [0, 0.1) is 0 Å². The quantitative estimate of drug-likeness (QED) is 0.565. The van der Waals surface area contributed by atoms with Gasteiger partial charge in [-0.25, -0.2) is 13.1 Å². The molecule has 2 aromatic carbocycles. The van der Waals surface area contributed by atoms with Gasteiger partial charge < -0.3 is 10.1 Å². The smallest absolute Gasteiger partial charge is 0.255 e. The van der Waals surface area contributed by atoms with Crippen LogP contribution in [0.4, 0.5) is 5.69 Å². The van der Waals surface area contributed by atoms with E-state index in [9.17, 15) is 13.2 Å². The molecule has 1 aliphatic carbocycles. The van der Waals surface area contributed by atoms with Gasteiger partial charge in [0.05, 0.1) is 27.9 Å². The molecule has 1 saturated carbocycles. The highest BCUT2D eigenvalue weighted by atomic mass is 35.5. The van der Waals surface area contributed by atoms with E-state index in [1.807, 2.05) is 0 Å². The highest BCUT2D eigenvalue weighted by molar-refractivity contribution is 7.89. The standard InChI is InChI=1S/C19H19Cl3N2O4S/c1-28-17-7-6-11(8-18(17)29(26,27)24-12-4-2-3-5-12)19(25)23-16-10-14(21)13(20)9-15(16)22/h6-10,12,24H,2-5H2,1H3,(H,23,25). The van der Waals surface area contributed by atoms with Crippen LogP contribution in [0.25, 0.3) is 0 Å². The minimum atomic E-state index is -3.86. The van der Waals surface area contributed by atoms with Crippen LogP contribution in [0.5, 0.6) is 5.75 Å². The number of hydrogen-bond acceptors (Lipinski definition) is 4. The summed E-state index contributed by atoms with van der Waals surface area (Å²) in [5.74, 6) is -0.398. The maximum atomic E-state index is 12.9. The molecular formula is C19H19Cl3N2O4S. The molecule has 3 rings (SSSR count). The highest BCUT2D eigenvalue weighted by Gasteiger charge is 2.26. The monoisotopic (exact) mass is 476 g/mol. The molecule has 6 nitrogen and oxygen atoms in total. The third kappa shape index (κ3) is 5.16. The van der Waals surface area contributed by atoms with Crippen molar-refractivity contribution in [2.45, 2.75) is 36.6 Å². The Hall–Kier alpha value is -1.51.